The molecule has 0 fully saturated rings. The van der Waals surface area contributed by atoms with Crippen molar-refractivity contribution in [3.8, 4) is 5.75 Å². The zero-order valence-electron chi connectivity index (χ0n) is 12.2. The summed E-state index contributed by atoms with van der Waals surface area (Å²) < 4.78 is 43.7. The quantitative estimate of drug-likeness (QED) is 0.646. The Morgan fingerprint density at radius 3 is 2.38 bits per heavy atom. The van der Waals surface area contributed by atoms with E-state index < -0.39 is 36.4 Å². The number of para-hydroxylation sites is 1. The molecule has 2 rings (SSSR count). The number of phenolic OH excluding ortho intramolecular Hbond substituents is 1. The molecule has 8 heteroatoms. The molecule has 24 heavy (non-hydrogen) atoms. The van der Waals surface area contributed by atoms with E-state index in [0.29, 0.717) is 0 Å². The number of ketones is 2. The number of halogens is 3. The van der Waals surface area contributed by atoms with Crippen molar-refractivity contribution < 1.29 is 32.3 Å². The number of phenols is 1. The maximum Gasteiger partial charge on any atom is 0.429 e. The predicted octanol–water partition coefficient (Wildman–Crippen LogP) is 3.44. The van der Waals surface area contributed by atoms with Gasteiger partial charge in [0.05, 0.1) is 18.2 Å². The van der Waals surface area contributed by atoms with Gasteiger partial charge in [0.1, 0.15) is 18.0 Å². The first kappa shape index (κ1) is 17.5. The van der Waals surface area contributed by atoms with E-state index in [4.69, 9.17) is 4.42 Å². The van der Waals surface area contributed by atoms with Crippen molar-refractivity contribution in [3.05, 3.63) is 54.0 Å². The molecule has 0 saturated heterocycles. The number of alkyl halides is 3. The van der Waals surface area contributed by atoms with Crippen molar-refractivity contribution >= 4 is 17.3 Å². The fourth-order valence-corrected chi connectivity index (χ4v) is 1.88. The molecular formula is C16H12F3NO4. The minimum Gasteiger partial charge on any atom is -0.507 e. The number of aliphatic imine (C=N–C) groups is 1. The first-order valence-electron chi connectivity index (χ1n) is 6.77. The minimum atomic E-state index is -4.86. The van der Waals surface area contributed by atoms with E-state index in [2.05, 4.69) is 4.99 Å². The van der Waals surface area contributed by atoms with E-state index in [0.717, 1.165) is 0 Å². The van der Waals surface area contributed by atoms with Gasteiger partial charge in [-0.1, -0.05) is 12.1 Å². The fourth-order valence-electron chi connectivity index (χ4n) is 1.88. The summed E-state index contributed by atoms with van der Waals surface area (Å²) in [6.45, 7) is -0.835. The SMILES string of the molecule is O=C(CC(=NCC(=O)c1ccccc1O)C(F)(F)F)c1ccco1. The van der Waals surface area contributed by atoms with Crippen LogP contribution in [0.15, 0.2) is 52.1 Å². The van der Waals surface area contributed by atoms with Crippen LogP contribution in [-0.2, 0) is 0 Å². The number of benzene rings is 1. The molecule has 1 aromatic heterocycles. The Bertz CT molecular complexity index is 764. The predicted molar refractivity (Wildman–Crippen MR) is 78.4 cm³/mol. The van der Waals surface area contributed by atoms with Crippen molar-refractivity contribution in [2.75, 3.05) is 6.54 Å². The van der Waals surface area contributed by atoms with E-state index in [1.54, 1.807) is 0 Å². The average molecular weight is 339 g/mol. The molecule has 126 valence electrons. The molecule has 0 aliphatic carbocycles. The summed E-state index contributed by atoms with van der Waals surface area (Å²) in [5.74, 6) is -2.26. The summed E-state index contributed by atoms with van der Waals surface area (Å²) in [5, 5.41) is 9.52. The second-order valence-electron chi connectivity index (χ2n) is 4.78. The lowest BCUT2D eigenvalue weighted by atomic mass is 10.1. The Labute approximate surface area is 134 Å². The Morgan fingerprint density at radius 1 is 1.08 bits per heavy atom. The number of hydrogen-bond donors (Lipinski definition) is 1. The monoisotopic (exact) mass is 339 g/mol. The van der Waals surface area contributed by atoms with E-state index in [9.17, 15) is 27.9 Å². The van der Waals surface area contributed by atoms with Crippen molar-refractivity contribution in [2.24, 2.45) is 4.99 Å². The van der Waals surface area contributed by atoms with Crippen LogP contribution < -0.4 is 0 Å². The van der Waals surface area contributed by atoms with Crippen LogP contribution in [0.5, 0.6) is 5.75 Å². The van der Waals surface area contributed by atoms with Gasteiger partial charge < -0.3 is 9.52 Å². The molecular weight excluding hydrogens is 327 g/mol. The highest BCUT2D eigenvalue weighted by atomic mass is 19.4. The molecule has 0 atom stereocenters. The largest absolute Gasteiger partial charge is 0.507 e. The third-order valence-electron chi connectivity index (χ3n) is 3.07. The zero-order chi connectivity index (χ0) is 17.7. The van der Waals surface area contributed by atoms with E-state index in [1.165, 1.54) is 42.7 Å². The summed E-state index contributed by atoms with van der Waals surface area (Å²) in [6, 6.07) is 8.06. The van der Waals surface area contributed by atoms with Gasteiger partial charge in [-0.2, -0.15) is 13.2 Å². The minimum absolute atomic E-state index is 0.139. The topological polar surface area (TPSA) is 79.9 Å². The highest BCUT2D eigenvalue weighted by Crippen LogP contribution is 2.22. The van der Waals surface area contributed by atoms with Crippen LogP contribution in [0, 0.1) is 0 Å². The first-order valence-corrected chi connectivity index (χ1v) is 6.77. The van der Waals surface area contributed by atoms with Gasteiger partial charge in [0.25, 0.3) is 0 Å². The van der Waals surface area contributed by atoms with E-state index in [-0.39, 0.29) is 17.1 Å². The van der Waals surface area contributed by atoms with Crippen molar-refractivity contribution in [1.29, 1.82) is 0 Å². The lowest BCUT2D eigenvalue weighted by molar-refractivity contribution is -0.0603. The van der Waals surface area contributed by atoms with Crippen LogP contribution in [0.1, 0.15) is 27.3 Å². The highest BCUT2D eigenvalue weighted by Gasteiger charge is 2.37. The second-order valence-corrected chi connectivity index (χ2v) is 4.78. The molecule has 0 saturated carbocycles. The number of carbonyl (C=O) groups excluding carboxylic acids is 2. The standard InChI is InChI=1S/C16H12F3NO4/c17-16(18,19)15(8-12(22)14-6-3-7-24-14)20-9-13(23)10-4-1-2-5-11(10)21/h1-7,21H,8-9H2. The van der Waals surface area contributed by atoms with Crippen molar-refractivity contribution in [1.82, 2.24) is 0 Å². The third-order valence-corrected chi connectivity index (χ3v) is 3.07. The highest BCUT2D eigenvalue weighted by molar-refractivity contribution is 6.11. The summed E-state index contributed by atoms with van der Waals surface area (Å²) in [7, 11) is 0. The van der Waals surface area contributed by atoms with Gasteiger partial charge in [-0.25, -0.2) is 0 Å². The third kappa shape index (κ3) is 4.31. The van der Waals surface area contributed by atoms with Gasteiger partial charge in [-0.05, 0) is 24.3 Å². The molecule has 5 nitrogen and oxygen atoms in total. The van der Waals surface area contributed by atoms with Crippen LogP contribution >= 0.6 is 0 Å². The number of hydrogen-bond acceptors (Lipinski definition) is 5. The Hall–Kier alpha value is -2.90. The molecule has 0 aliphatic rings. The first-order chi connectivity index (χ1) is 11.3. The molecule has 0 unspecified atom stereocenters. The Kier molecular flexibility index (Phi) is 5.18. The van der Waals surface area contributed by atoms with E-state index in [1.807, 2.05) is 0 Å². The number of Topliss-reactive ketones (excluding diaryl/α,β-unsaturated/α-hetero) is 2. The Morgan fingerprint density at radius 2 is 1.79 bits per heavy atom. The van der Waals surface area contributed by atoms with Gasteiger partial charge in [-0.3, -0.25) is 14.6 Å². The van der Waals surface area contributed by atoms with Gasteiger partial charge >= 0.3 is 6.18 Å². The lowest BCUT2D eigenvalue weighted by Gasteiger charge is -2.09. The maximum absolute atomic E-state index is 13.0. The number of carbonyl (C=O) groups is 2. The average Bonchev–Trinajstić information content (AvgIpc) is 3.04. The smallest absolute Gasteiger partial charge is 0.429 e. The summed E-state index contributed by atoms with van der Waals surface area (Å²) in [6.07, 6.45) is -4.73. The molecule has 1 heterocycles. The van der Waals surface area contributed by atoms with Gasteiger partial charge in [0, 0.05) is 0 Å². The van der Waals surface area contributed by atoms with Crippen molar-refractivity contribution in [3.63, 3.8) is 0 Å². The van der Waals surface area contributed by atoms with Crippen LogP contribution in [0.25, 0.3) is 0 Å². The molecule has 0 radical (unpaired) electrons. The fraction of sp³-hybridized carbons (Fsp3) is 0.188. The van der Waals surface area contributed by atoms with Crippen LogP contribution in [0.4, 0.5) is 13.2 Å². The van der Waals surface area contributed by atoms with Gasteiger partial charge in [0.15, 0.2) is 11.5 Å². The zero-order valence-corrected chi connectivity index (χ0v) is 12.2. The molecule has 0 aliphatic heterocycles. The molecule has 1 N–H and O–H groups in total. The lowest BCUT2D eigenvalue weighted by Crippen LogP contribution is -2.27. The number of rotatable bonds is 6. The van der Waals surface area contributed by atoms with Crippen LogP contribution in [0.3, 0.4) is 0 Å². The molecule has 0 bridgehead atoms. The van der Waals surface area contributed by atoms with Gasteiger partial charge in [0.2, 0.25) is 5.78 Å². The van der Waals surface area contributed by atoms with Gasteiger partial charge in [-0.15, -0.1) is 0 Å². The number of nitrogens with zero attached hydrogens (tertiary/aromatic N) is 1. The maximum atomic E-state index is 13.0. The van der Waals surface area contributed by atoms with Crippen LogP contribution in [0.2, 0.25) is 0 Å². The summed E-state index contributed by atoms with van der Waals surface area (Å²) >= 11 is 0. The molecule has 0 amide bonds. The Balaban J connectivity index is 2.16. The second kappa shape index (κ2) is 7.12. The molecule has 1 aromatic carbocycles. The molecule has 2 aromatic rings. The number of aromatic hydroxyl groups is 1. The van der Waals surface area contributed by atoms with Crippen molar-refractivity contribution in [2.45, 2.75) is 12.6 Å². The van der Waals surface area contributed by atoms with E-state index >= 15 is 0 Å². The summed E-state index contributed by atoms with van der Waals surface area (Å²) in [4.78, 5) is 26.8. The molecule has 0 spiro atoms. The summed E-state index contributed by atoms with van der Waals surface area (Å²) in [5.41, 5.74) is -1.52. The normalized spacial score (nSPS) is 12.2. The van der Waals surface area contributed by atoms with Crippen LogP contribution in [-0.4, -0.2) is 35.1 Å². The number of furan rings is 1.